The number of rotatable bonds is 5. The van der Waals surface area contributed by atoms with Crippen molar-refractivity contribution in [3.63, 3.8) is 0 Å². The van der Waals surface area contributed by atoms with Gasteiger partial charge in [-0.2, -0.15) is 0 Å². The fourth-order valence-corrected chi connectivity index (χ4v) is 3.37. The molecule has 0 spiro atoms. The maximum absolute atomic E-state index is 12.0. The van der Waals surface area contributed by atoms with Crippen LogP contribution in [0.5, 0.6) is 0 Å². The number of aryl methyl sites for hydroxylation is 1. The van der Waals surface area contributed by atoms with Gasteiger partial charge in [-0.05, 0) is 62.6 Å². The number of nitrogens with one attached hydrogen (secondary N) is 2. The summed E-state index contributed by atoms with van der Waals surface area (Å²) in [5, 5.41) is 6.52. The summed E-state index contributed by atoms with van der Waals surface area (Å²) in [7, 11) is 0. The lowest BCUT2D eigenvalue weighted by atomic mass is 10.2. The van der Waals surface area contributed by atoms with Crippen LogP contribution in [0.1, 0.15) is 29.8 Å². The van der Waals surface area contributed by atoms with Crippen LogP contribution in [-0.2, 0) is 11.3 Å². The zero-order chi connectivity index (χ0) is 17.8. The molecule has 3 rings (SSSR count). The molecule has 1 aromatic carbocycles. The fourth-order valence-electron chi connectivity index (χ4n) is 3.25. The standard InChI is InChI=1S/C19H24ClN3O2/c1-13-10-15(11-21-19(24)22-12-18-4-3-9-25-18)14(2)23(13)17-7-5-16(20)6-8-17/h5-8,10,18H,3-4,9,11-12H2,1-2H3,(H2,21,22,24)/t18-/m1/s1. The molecule has 1 fully saturated rings. The fraction of sp³-hybridized carbons (Fsp3) is 0.421. The van der Waals surface area contributed by atoms with E-state index in [-0.39, 0.29) is 12.1 Å². The van der Waals surface area contributed by atoms with E-state index in [1.165, 1.54) is 0 Å². The molecule has 1 atom stereocenters. The van der Waals surface area contributed by atoms with Crippen LogP contribution in [-0.4, -0.2) is 29.9 Å². The molecule has 134 valence electrons. The Hall–Kier alpha value is -1.98. The monoisotopic (exact) mass is 361 g/mol. The summed E-state index contributed by atoms with van der Waals surface area (Å²) in [6.45, 7) is 5.97. The number of ether oxygens (including phenoxy) is 1. The van der Waals surface area contributed by atoms with Crippen molar-refractivity contribution in [1.29, 1.82) is 0 Å². The maximum Gasteiger partial charge on any atom is 0.315 e. The van der Waals surface area contributed by atoms with E-state index in [0.717, 1.165) is 47.1 Å². The van der Waals surface area contributed by atoms with Crippen LogP contribution in [0.15, 0.2) is 30.3 Å². The highest BCUT2D eigenvalue weighted by atomic mass is 35.5. The van der Waals surface area contributed by atoms with Gasteiger partial charge in [0.15, 0.2) is 0 Å². The molecular formula is C19H24ClN3O2. The lowest BCUT2D eigenvalue weighted by Gasteiger charge is -2.12. The first-order chi connectivity index (χ1) is 12.0. The Labute approximate surface area is 153 Å². The smallest absolute Gasteiger partial charge is 0.315 e. The predicted octanol–water partition coefficient (Wildman–Crippen LogP) is 3.73. The molecule has 2 amide bonds. The van der Waals surface area contributed by atoms with Crippen molar-refractivity contribution in [2.24, 2.45) is 0 Å². The summed E-state index contributed by atoms with van der Waals surface area (Å²) in [6.07, 6.45) is 2.24. The maximum atomic E-state index is 12.0. The topological polar surface area (TPSA) is 55.3 Å². The van der Waals surface area contributed by atoms with Crippen LogP contribution >= 0.6 is 11.6 Å². The highest BCUT2D eigenvalue weighted by Gasteiger charge is 2.16. The highest BCUT2D eigenvalue weighted by Crippen LogP contribution is 2.22. The molecule has 0 bridgehead atoms. The molecule has 0 radical (unpaired) electrons. The molecule has 0 aliphatic carbocycles. The van der Waals surface area contributed by atoms with Crippen molar-refractivity contribution < 1.29 is 9.53 Å². The number of hydrogen-bond acceptors (Lipinski definition) is 2. The van der Waals surface area contributed by atoms with Gasteiger partial charge >= 0.3 is 6.03 Å². The molecule has 2 heterocycles. The van der Waals surface area contributed by atoms with Crippen molar-refractivity contribution in [2.75, 3.05) is 13.2 Å². The molecule has 6 heteroatoms. The van der Waals surface area contributed by atoms with Gasteiger partial charge in [-0.25, -0.2) is 4.79 Å². The third kappa shape index (κ3) is 4.35. The van der Waals surface area contributed by atoms with Gasteiger partial charge in [0.2, 0.25) is 0 Å². The molecule has 1 aromatic heterocycles. The number of urea groups is 1. The largest absolute Gasteiger partial charge is 0.376 e. The number of halogens is 1. The molecule has 1 aliphatic heterocycles. The van der Waals surface area contributed by atoms with Crippen molar-refractivity contribution in [1.82, 2.24) is 15.2 Å². The van der Waals surface area contributed by atoms with Gasteiger partial charge in [-0.15, -0.1) is 0 Å². The summed E-state index contributed by atoms with van der Waals surface area (Å²) >= 11 is 5.97. The number of carbonyl (C=O) groups is 1. The molecule has 2 aromatic rings. The first-order valence-corrected chi connectivity index (χ1v) is 8.99. The van der Waals surface area contributed by atoms with E-state index in [9.17, 15) is 4.79 Å². The first kappa shape index (κ1) is 17.8. The number of carbonyl (C=O) groups excluding carboxylic acids is 1. The summed E-state index contributed by atoms with van der Waals surface area (Å²) < 4.78 is 7.67. The number of hydrogen-bond donors (Lipinski definition) is 2. The number of aromatic nitrogens is 1. The summed E-state index contributed by atoms with van der Waals surface area (Å²) in [6, 6.07) is 9.69. The Bertz CT molecular complexity index is 734. The normalized spacial score (nSPS) is 16.8. The molecule has 0 saturated carbocycles. The van der Waals surface area contributed by atoms with E-state index >= 15 is 0 Å². The molecule has 2 N–H and O–H groups in total. The Morgan fingerprint density at radius 1 is 1.28 bits per heavy atom. The Kier molecular flexibility index (Phi) is 5.66. The van der Waals surface area contributed by atoms with Gasteiger partial charge in [0.25, 0.3) is 0 Å². The van der Waals surface area contributed by atoms with Crippen LogP contribution in [0, 0.1) is 13.8 Å². The molecule has 5 nitrogen and oxygen atoms in total. The van der Waals surface area contributed by atoms with Crippen LogP contribution in [0.25, 0.3) is 5.69 Å². The van der Waals surface area contributed by atoms with Crippen molar-refractivity contribution >= 4 is 17.6 Å². The van der Waals surface area contributed by atoms with Gasteiger partial charge in [0, 0.05) is 41.8 Å². The average Bonchev–Trinajstić information content (AvgIpc) is 3.20. The van der Waals surface area contributed by atoms with E-state index in [0.29, 0.717) is 13.1 Å². The highest BCUT2D eigenvalue weighted by molar-refractivity contribution is 6.30. The average molecular weight is 362 g/mol. The van der Waals surface area contributed by atoms with Gasteiger partial charge in [0.05, 0.1) is 6.10 Å². The first-order valence-electron chi connectivity index (χ1n) is 8.61. The van der Waals surface area contributed by atoms with Crippen LogP contribution < -0.4 is 10.6 Å². The Balaban J connectivity index is 1.60. The van der Waals surface area contributed by atoms with E-state index in [1.807, 2.05) is 24.3 Å². The third-order valence-corrected chi connectivity index (χ3v) is 4.83. The predicted molar refractivity (Wildman–Crippen MR) is 99.5 cm³/mol. The third-order valence-electron chi connectivity index (χ3n) is 4.57. The summed E-state index contributed by atoms with van der Waals surface area (Å²) in [5.74, 6) is 0. The van der Waals surface area contributed by atoms with Gasteiger partial charge in [-0.1, -0.05) is 11.6 Å². The number of amides is 2. The molecule has 25 heavy (non-hydrogen) atoms. The van der Waals surface area contributed by atoms with Crippen molar-refractivity contribution in [3.8, 4) is 5.69 Å². The van der Waals surface area contributed by atoms with Crippen molar-refractivity contribution in [3.05, 3.63) is 52.3 Å². The van der Waals surface area contributed by atoms with E-state index in [4.69, 9.17) is 16.3 Å². The minimum atomic E-state index is -0.160. The minimum Gasteiger partial charge on any atom is -0.376 e. The quantitative estimate of drug-likeness (QED) is 0.852. The van der Waals surface area contributed by atoms with E-state index < -0.39 is 0 Å². The van der Waals surface area contributed by atoms with Crippen LogP contribution in [0.3, 0.4) is 0 Å². The van der Waals surface area contributed by atoms with Gasteiger partial charge < -0.3 is 19.9 Å². The minimum absolute atomic E-state index is 0.153. The molecule has 1 aliphatic rings. The molecule has 1 saturated heterocycles. The molecular weight excluding hydrogens is 338 g/mol. The van der Waals surface area contributed by atoms with E-state index in [1.54, 1.807) is 0 Å². The zero-order valence-electron chi connectivity index (χ0n) is 14.6. The Morgan fingerprint density at radius 3 is 2.72 bits per heavy atom. The van der Waals surface area contributed by atoms with Crippen molar-refractivity contribution in [2.45, 2.75) is 39.3 Å². The summed E-state index contributed by atoms with van der Waals surface area (Å²) in [4.78, 5) is 12.0. The number of nitrogens with zero attached hydrogens (tertiary/aromatic N) is 1. The van der Waals surface area contributed by atoms with Crippen LogP contribution in [0.2, 0.25) is 5.02 Å². The molecule has 0 unspecified atom stereocenters. The Morgan fingerprint density at radius 2 is 2.04 bits per heavy atom. The second-order valence-electron chi connectivity index (χ2n) is 6.41. The second kappa shape index (κ2) is 7.93. The summed E-state index contributed by atoms with van der Waals surface area (Å²) in [5.41, 5.74) is 4.39. The second-order valence-corrected chi connectivity index (χ2v) is 6.84. The van der Waals surface area contributed by atoms with Gasteiger partial charge in [-0.3, -0.25) is 0 Å². The van der Waals surface area contributed by atoms with E-state index in [2.05, 4.69) is 35.1 Å². The SMILES string of the molecule is Cc1cc(CNC(=O)NC[C@H]2CCCO2)c(C)n1-c1ccc(Cl)cc1. The number of benzene rings is 1. The van der Waals surface area contributed by atoms with Gasteiger partial charge in [0.1, 0.15) is 0 Å². The lowest BCUT2D eigenvalue weighted by molar-refractivity contribution is 0.111. The zero-order valence-corrected chi connectivity index (χ0v) is 15.4. The van der Waals surface area contributed by atoms with Crippen LogP contribution in [0.4, 0.5) is 4.79 Å². The lowest BCUT2D eigenvalue weighted by Crippen LogP contribution is -2.39.